The molecule has 3 aromatic carbocycles. The molecule has 1 aliphatic rings. The quantitative estimate of drug-likeness (QED) is 0.397. The molecule has 3 aromatic rings. The number of aromatic carboxylic acids is 1. The Morgan fingerprint density at radius 3 is 2.41 bits per heavy atom. The van der Waals surface area contributed by atoms with Gasteiger partial charge in [-0.25, -0.2) is 9.18 Å². The summed E-state index contributed by atoms with van der Waals surface area (Å²) in [5, 5.41) is 12.2. The average Bonchev–Trinajstić information content (AvgIpc) is 2.81. The van der Waals surface area contributed by atoms with Crippen molar-refractivity contribution in [1.29, 1.82) is 0 Å². The van der Waals surface area contributed by atoms with Gasteiger partial charge in [-0.3, -0.25) is 0 Å². The van der Waals surface area contributed by atoms with Crippen LogP contribution in [0.4, 0.5) is 4.39 Å². The van der Waals surface area contributed by atoms with Crippen LogP contribution in [-0.4, -0.2) is 11.1 Å². The summed E-state index contributed by atoms with van der Waals surface area (Å²) in [7, 11) is 0. The number of nitroso groups, excluding NO2 is 1. The van der Waals surface area contributed by atoms with Crippen molar-refractivity contribution in [3.05, 3.63) is 122 Å². The van der Waals surface area contributed by atoms with Crippen LogP contribution in [0.3, 0.4) is 0 Å². The molecule has 0 aliphatic heterocycles. The van der Waals surface area contributed by atoms with Crippen molar-refractivity contribution >= 4 is 17.2 Å². The maximum absolute atomic E-state index is 14.3. The van der Waals surface area contributed by atoms with Crippen LogP contribution in [0.2, 0.25) is 0 Å². The van der Waals surface area contributed by atoms with E-state index in [0.29, 0.717) is 11.1 Å². The zero-order valence-corrected chi connectivity index (χ0v) is 19.4. The van der Waals surface area contributed by atoms with Crippen molar-refractivity contribution in [3.8, 4) is 0 Å². The second kappa shape index (κ2) is 9.18. The van der Waals surface area contributed by atoms with Crippen molar-refractivity contribution in [2.45, 2.75) is 39.0 Å². The predicted molar refractivity (Wildman–Crippen MR) is 133 cm³/mol. The standard InChI is InChI=1S/C29H26FNO3/c1-18-4-6-19(7-5-18)23-14-15-29(2,3)25-16-21(10-12-24(23)25)27(31-34)13-11-20-8-9-22(28(32)33)17-26(20)30/h4-10,12-14,16-17H,11,15H2,1-3H3,(H,32,33). The number of aryl methyl sites for hydroxylation is 1. The van der Waals surface area contributed by atoms with E-state index in [2.05, 4.69) is 56.3 Å². The maximum Gasteiger partial charge on any atom is 0.335 e. The van der Waals surface area contributed by atoms with Crippen LogP contribution >= 0.6 is 0 Å². The van der Waals surface area contributed by atoms with E-state index in [0.717, 1.165) is 29.2 Å². The van der Waals surface area contributed by atoms with Crippen molar-refractivity contribution < 1.29 is 14.3 Å². The summed E-state index contributed by atoms with van der Waals surface area (Å²) in [4.78, 5) is 22.7. The predicted octanol–water partition coefficient (Wildman–Crippen LogP) is 7.30. The molecule has 4 nitrogen and oxygen atoms in total. The molecule has 4 rings (SSSR count). The van der Waals surface area contributed by atoms with E-state index >= 15 is 0 Å². The number of carboxylic acids is 1. The Kier molecular flexibility index (Phi) is 6.29. The lowest BCUT2D eigenvalue weighted by atomic mass is 9.71. The zero-order valence-electron chi connectivity index (χ0n) is 19.4. The van der Waals surface area contributed by atoms with E-state index in [1.807, 2.05) is 18.2 Å². The molecule has 0 saturated carbocycles. The van der Waals surface area contributed by atoms with Crippen molar-refractivity contribution in [2.75, 3.05) is 0 Å². The topological polar surface area (TPSA) is 66.7 Å². The second-order valence-corrected chi connectivity index (χ2v) is 9.33. The largest absolute Gasteiger partial charge is 0.478 e. The number of halogens is 1. The van der Waals surface area contributed by atoms with Crippen LogP contribution in [0.25, 0.3) is 11.3 Å². The molecule has 0 radical (unpaired) electrons. The fourth-order valence-electron chi connectivity index (χ4n) is 4.34. The molecular formula is C29H26FNO3. The number of hydrogen-bond donors (Lipinski definition) is 1. The lowest BCUT2D eigenvalue weighted by Gasteiger charge is -2.32. The molecule has 0 fully saturated rings. The Balaban J connectivity index is 1.69. The fourth-order valence-corrected chi connectivity index (χ4v) is 4.34. The van der Waals surface area contributed by atoms with E-state index in [1.54, 1.807) is 6.08 Å². The highest BCUT2D eigenvalue weighted by molar-refractivity contribution is 5.87. The molecule has 0 spiro atoms. The lowest BCUT2D eigenvalue weighted by molar-refractivity contribution is 0.0696. The summed E-state index contributed by atoms with van der Waals surface area (Å²) < 4.78 is 14.3. The first kappa shape index (κ1) is 23.3. The summed E-state index contributed by atoms with van der Waals surface area (Å²) in [6.07, 6.45) is 4.84. The van der Waals surface area contributed by atoms with E-state index < -0.39 is 11.8 Å². The van der Waals surface area contributed by atoms with Crippen molar-refractivity contribution in [3.63, 3.8) is 0 Å². The third kappa shape index (κ3) is 4.60. The Morgan fingerprint density at radius 2 is 1.76 bits per heavy atom. The highest BCUT2D eigenvalue weighted by Crippen LogP contribution is 2.42. The van der Waals surface area contributed by atoms with E-state index in [4.69, 9.17) is 5.11 Å². The Labute approximate surface area is 198 Å². The van der Waals surface area contributed by atoms with Crippen LogP contribution in [0, 0.1) is 17.6 Å². The molecule has 1 aliphatic carbocycles. The molecule has 0 heterocycles. The van der Waals surface area contributed by atoms with Gasteiger partial charge in [-0.05, 0) is 76.4 Å². The summed E-state index contributed by atoms with van der Waals surface area (Å²) >= 11 is 0. The normalized spacial score (nSPS) is 14.8. The van der Waals surface area contributed by atoms with Gasteiger partial charge in [0.2, 0.25) is 0 Å². The van der Waals surface area contributed by atoms with Crippen molar-refractivity contribution in [1.82, 2.24) is 0 Å². The molecule has 0 unspecified atom stereocenters. The van der Waals surface area contributed by atoms with Crippen LogP contribution in [0.15, 0.2) is 78.0 Å². The van der Waals surface area contributed by atoms with Crippen molar-refractivity contribution in [2.24, 2.45) is 5.18 Å². The number of rotatable bonds is 6. The number of allylic oxidation sites excluding steroid dienone is 2. The van der Waals surface area contributed by atoms with Gasteiger partial charge in [0, 0.05) is 5.56 Å². The summed E-state index contributed by atoms with van der Waals surface area (Å²) in [6, 6.07) is 18.1. The highest BCUT2D eigenvalue weighted by Gasteiger charge is 2.29. The molecule has 0 aromatic heterocycles. The number of fused-ring (bicyclic) bond motifs is 1. The molecule has 34 heavy (non-hydrogen) atoms. The number of hydrogen-bond acceptors (Lipinski definition) is 3. The minimum Gasteiger partial charge on any atom is -0.478 e. The fraction of sp³-hybridized carbons (Fsp3) is 0.207. The maximum atomic E-state index is 14.3. The smallest absolute Gasteiger partial charge is 0.335 e. The van der Waals surface area contributed by atoms with Gasteiger partial charge in [-0.1, -0.05) is 74.0 Å². The molecule has 172 valence electrons. The molecule has 0 amide bonds. The van der Waals surface area contributed by atoms with E-state index in [9.17, 15) is 14.1 Å². The first-order chi connectivity index (χ1) is 16.2. The SMILES string of the molecule is Cc1ccc(C2=CCC(C)(C)c3cc(C(=CCc4ccc(C(=O)O)cc4F)N=O)ccc32)cc1. The summed E-state index contributed by atoms with van der Waals surface area (Å²) in [5.41, 5.74) is 6.76. The number of nitrogens with zero attached hydrogens (tertiary/aromatic N) is 1. The molecule has 0 saturated heterocycles. The van der Waals surface area contributed by atoms with E-state index in [1.165, 1.54) is 23.3 Å². The summed E-state index contributed by atoms with van der Waals surface area (Å²) in [6.45, 7) is 6.42. The Hall–Kier alpha value is -3.86. The number of carboxylic acid groups (broad SMARTS) is 1. The van der Waals surface area contributed by atoms with E-state index in [-0.39, 0.29) is 23.1 Å². The first-order valence-corrected chi connectivity index (χ1v) is 11.2. The summed E-state index contributed by atoms with van der Waals surface area (Å²) in [5.74, 6) is -1.81. The van der Waals surface area contributed by atoms with Gasteiger partial charge in [0.25, 0.3) is 0 Å². The average molecular weight is 456 g/mol. The van der Waals surface area contributed by atoms with Gasteiger partial charge in [-0.15, -0.1) is 4.91 Å². The van der Waals surface area contributed by atoms with Crippen LogP contribution in [0.1, 0.15) is 64.0 Å². The van der Waals surface area contributed by atoms with Gasteiger partial charge in [0.05, 0.1) is 5.56 Å². The second-order valence-electron chi connectivity index (χ2n) is 9.33. The molecule has 0 bridgehead atoms. The molecular weight excluding hydrogens is 429 g/mol. The van der Waals surface area contributed by atoms with Crippen LogP contribution in [-0.2, 0) is 11.8 Å². The van der Waals surface area contributed by atoms with Gasteiger partial charge < -0.3 is 5.11 Å². The first-order valence-electron chi connectivity index (χ1n) is 11.2. The Bertz CT molecular complexity index is 1330. The third-order valence-corrected chi connectivity index (χ3v) is 6.43. The third-order valence-electron chi connectivity index (χ3n) is 6.43. The molecule has 1 N–H and O–H groups in total. The lowest BCUT2D eigenvalue weighted by Crippen LogP contribution is -2.22. The monoisotopic (exact) mass is 455 g/mol. The van der Waals surface area contributed by atoms with Crippen LogP contribution in [0.5, 0.6) is 0 Å². The van der Waals surface area contributed by atoms with Gasteiger partial charge in [-0.2, -0.15) is 0 Å². The van der Waals surface area contributed by atoms with Gasteiger partial charge in [0.1, 0.15) is 11.5 Å². The molecule has 0 atom stereocenters. The Morgan fingerprint density at radius 1 is 1.06 bits per heavy atom. The van der Waals surface area contributed by atoms with Gasteiger partial charge >= 0.3 is 5.97 Å². The number of carbonyl (C=O) groups is 1. The van der Waals surface area contributed by atoms with Crippen LogP contribution < -0.4 is 0 Å². The number of benzene rings is 3. The minimum atomic E-state index is -1.19. The van der Waals surface area contributed by atoms with Gasteiger partial charge in [0.15, 0.2) is 0 Å². The highest BCUT2D eigenvalue weighted by atomic mass is 19.1. The molecule has 5 heteroatoms. The minimum absolute atomic E-state index is 0.117. The zero-order chi connectivity index (χ0) is 24.5.